The predicted molar refractivity (Wildman–Crippen MR) is 248 cm³/mol. The minimum absolute atomic E-state index is 0.129. The van der Waals surface area contributed by atoms with E-state index in [2.05, 4.69) is 231 Å². The molecule has 0 fully saturated rings. The van der Waals surface area contributed by atoms with Gasteiger partial charge in [0.1, 0.15) is 0 Å². The second-order valence-corrected chi connectivity index (χ2v) is 16.1. The van der Waals surface area contributed by atoms with Crippen molar-refractivity contribution in [3.8, 4) is 44.5 Å². The molecular weight excluding hydrogens is 699 g/mol. The molecule has 0 aromatic heterocycles. The number of para-hydroxylation sites is 1. The number of anilines is 3. The fraction of sp³-hybridized carbons (Fsp3) is 0.0526. The van der Waals surface area contributed by atoms with Gasteiger partial charge in [-0.25, -0.2) is 0 Å². The number of benzene rings is 10. The van der Waals surface area contributed by atoms with Crippen LogP contribution in [0.15, 0.2) is 212 Å². The third-order valence-corrected chi connectivity index (χ3v) is 12.5. The topological polar surface area (TPSA) is 3.24 Å². The molecule has 0 atom stereocenters. The third kappa shape index (κ3) is 5.39. The minimum Gasteiger partial charge on any atom is -0.310 e. The van der Waals surface area contributed by atoms with Gasteiger partial charge in [-0.3, -0.25) is 0 Å². The van der Waals surface area contributed by atoms with E-state index in [0.717, 1.165) is 17.1 Å². The fourth-order valence-electron chi connectivity index (χ4n) is 9.66. The van der Waals surface area contributed by atoms with E-state index < -0.39 is 0 Å². The highest BCUT2D eigenvalue weighted by atomic mass is 15.1. The second kappa shape index (κ2) is 13.5. The van der Waals surface area contributed by atoms with Gasteiger partial charge in [0.05, 0.1) is 5.69 Å². The van der Waals surface area contributed by atoms with Gasteiger partial charge in [-0.05, 0) is 113 Å². The number of hydrogen-bond acceptors (Lipinski definition) is 1. The Hall–Kier alpha value is -7.22. The molecule has 0 saturated carbocycles. The van der Waals surface area contributed by atoms with Gasteiger partial charge in [-0.15, -0.1) is 0 Å². The van der Waals surface area contributed by atoms with Gasteiger partial charge in [0, 0.05) is 22.4 Å². The maximum atomic E-state index is 2.47. The molecule has 10 aromatic carbocycles. The first-order chi connectivity index (χ1) is 28.5. The zero-order chi connectivity index (χ0) is 38.8. The lowest BCUT2D eigenvalue weighted by atomic mass is 9.82. The smallest absolute Gasteiger partial charge is 0.0540 e. The molecule has 1 aliphatic carbocycles. The van der Waals surface area contributed by atoms with E-state index in [0.29, 0.717) is 0 Å². The van der Waals surface area contributed by atoms with Gasteiger partial charge in [0.25, 0.3) is 0 Å². The molecule has 0 radical (unpaired) electrons. The minimum atomic E-state index is -0.129. The van der Waals surface area contributed by atoms with E-state index in [1.807, 2.05) is 0 Å². The Morgan fingerprint density at radius 3 is 1.76 bits per heavy atom. The molecule has 0 N–H and O–H groups in total. The number of hydrogen-bond donors (Lipinski definition) is 0. The summed E-state index contributed by atoms with van der Waals surface area (Å²) in [6.07, 6.45) is 0. The molecular formula is C57H41N. The molecule has 0 unspecified atom stereocenters. The molecule has 11 rings (SSSR count). The average Bonchev–Trinajstić information content (AvgIpc) is 3.51. The van der Waals surface area contributed by atoms with Crippen molar-refractivity contribution in [2.75, 3.05) is 4.90 Å². The molecule has 274 valence electrons. The molecule has 1 heteroatoms. The van der Waals surface area contributed by atoms with Crippen molar-refractivity contribution in [3.05, 3.63) is 223 Å². The summed E-state index contributed by atoms with van der Waals surface area (Å²) in [5.74, 6) is 0. The van der Waals surface area contributed by atoms with Crippen LogP contribution in [0.4, 0.5) is 17.1 Å². The van der Waals surface area contributed by atoms with Crippen molar-refractivity contribution in [2.45, 2.75) is 19.3 Å². The summed E-state index contributed by atoms with van der Waals surface area (Å²) < 4.78 is 0. The molecule has 1 nitrogen and oxygen atoms in total. The first-order valence-corrected chi connectivity index (χ1v) is 20.3. The van der Waals surface area contributed by atoms with Crippen molar-refractivity contribution >= 4 is 49.4 Å². The number of fused-ring (bicyclic) bond motifs is 7. The predicted octanol–water partition coefficient (Wildman–Crippen LogP) is 15.9. The largest absolute Gasteiger partial charge is 0.310 e. The van der Waals surface area contributed by atoms with Crippen molar-refractivity contribution < 1.29 is 0 Å². The SMILES string of the molecule is CC1(C)c2ccccc2-c2ccc(N(c3ccc(-c4cccc5c4ccc4ccccc45)cc3)c3ccccc3-c3cccc4cccc(-c5ccccc5)c34)cc21. The average molecular weight is 740 g/mol. The Balaban J connectivity index is 1.11. The van der Waals surface area contributed by atoms with Crippen molar-refractivity contribution in [1.82, 2.24) is 0 Å². The Labute approximate surface area is 340 Å². The maximum Gasteiger partial charge on any atom is 0.0540 e. The Bertz CT molecular complexity index is 3180. The van der Waals surface area contributed by atoms with Gasteiger partial charge in [-0.2, -0.15) is 0 Å². The highest BCUT2D eigenvalue weighted by Gasteiger charge is 2.36. The van der Waals surface area contributed by atoms with E-state index in [4.69, 9.17) is 0 Å². The summed E-state index contributed by atoms with van der Waals surface area (Å²) in [4.78, 5) is 2.47. The summed E-state index contributed by atoms with van der Waals surface area (Å²) in [6.45, 7) is 4.73. The summed E-state index contributed by atoms with van der Waals surface area (Å²) >= 11 is 0. The van der Waals surface area contributed by atoms with Crippen molar-refractivity contribution in [3.63, 3.8) is 0 Å². The van der Waals surface area contributed by atoms with Gasteiger partial charge in [0.2, 0.25) is 0 Å². The van der Waals surface area contributed by atoms with E-state index >= 15 is 0 Å². The van der Waals surface area contributed by atoms with Crippen LogP contribution in [-0.4, -0.2) is 0 Å². The van der Waals surface area contributed by atoms with Crippen LogP contribution >= 0.6 is 0 Å². The van der Waals surface area contributed by atoms with Crippen molar-refractivity contribution in [1.29, 1.82) is 0 Å². The van der Waals surface area contributed by atoms with Crippen molar-refractivity contribution in [2.24, 2.45) is 0 Å². The molecule has 0 spiro atoms. The van der Waals surface area contributed by atoms with Crippen LogP contribution in [-0.2, 0) is 5.41 Å². The van der Waals surface area contributed by atoms with Crippen LogP contribution in [0, 0.1) is 0 Å². The molecule has 58 heavy (non-hydrogen) atoms. The van der Waals surface area contributed by atoms with Gasteiger partial charge in [-0.1, -0.05) is 196 Å². The lowest BCUT2D eigenvalue weighted by Gasteiger charge is -2.30. The maximum absolute atomic E-state index is 2.47. The third-order valence-electron chi connectivity index (χ3n) is 12.5. The number of nitrogens with zero attached hydrogens (tertiary/aromatic N) is 1. The van der Waals surface area contributed by atoms with E-state index in [9.17, 15) is 0 Å². The number of rotatable bonds is 6. The zero-order valence-electron chi connectivity index (χ0n) is 32.7. The Morgan fingerprint density at radius 1 is 0.328 bits per heavy atom. The quantitative estimate of drug-likeness (QED) is 0.154. The molecule has 0 heterocycles. The van der Waals surface area contributed by atoms with Crippen LogP contribution in [0.1, 0.15) is 25.0 Å². The Kier molecular flexibility index (Phi) is 7.91. The van der Waals surface area contributed by atoms with Gasteiger partial charge >= 0.3 is 0 Å². The van der Waals surface area contributed by atoms with Crippen LogP contribution < -0.4 is 4.90 Å². The molecule has 0 aliphatic heterocycles. The van der Waals surface area contributed by atoms with E-state index in [-0.39, 0.29) is 5.41 Å². The lowest BCUT2D eigenvalue weighted by molar-refractivity contribution is 0.660. The Morgan fingerprint density at radius 2 is 0.914 bits per heavy atom. The normalized spacial score (nSPS) is 12.8. The van der Waals surface area contributed by atoms with Gasteiger partial charge < -0.3 is 4.90 Å². The van der Waals surface area contributed by atoms with E-state index in [1.165, 1.54) is 88.0 Å². The standard InChI is InChI=1S/C57H41N/c1-57(2)53-27-10-8-21-49(53)50-36-34-43(37-54(50)57)58(42-32-29-40(30-33-42)45-23-14-25-47-44-20-7-6-17-39(44)31-35-48(45)47)55-28-11-9-22-51(55)52-26-13-19-41-18-12-24-46(56(41)52)38-15-4-3-5-16-38/h3-37H,1-2H3. The highest BCUT2D eigenvalue weighted by molar-refractivity contribution is 6.12. The fourth-order valence-corrected chi connectivity index (χ4v) is 9.66. The highest BCUT2D eigenvalue weighted by Crippen LogP contribution is 2.52. The van der Waals surface area contributed by atoms with Crippen LogP contribution in [0.3, 0.4) is 0 Å². The molecule has 0 saturated heterocycles. The monoisotopic (exact) mass is 739 g/mol. The molecule has 1 aliphatic rings. The summed E-state index contributed by atoms with van der Waals surface area (Å²) in [5.41, 5.74) is 15.9. The first kappa shape index (κ1) is 34.1. The lowest BCUT2D eigenvalue weighted by Crippen LogP contribution is -2.16. The summed E-state index contributed by atoms with van der Waals surface area (Å²) in [6, 6.07) is 78.2. The van der Waals surface area contributed by atoms with Crippen LogP contribution in [0.5, 0.6) is 0 Å². The first-order valence-electron chi connectivity index (χ1n) is 20.3. The summed E-state index contributed by atoms with van der Waals surface area (Å²) in [5, 5.41) is 7.58. The summed E-state index contributed by atoms with van der Waals surface area (Å²) in [7, 11) is 0. The molecule has 10 aromatic rings. The molecule has 0 amide bonds. The van der Waals surface area contributed by atoms with Crippen LogP contribution in [0.2, 0.25) is 0 Å². The zero-order valence-corrected chi connectivity index (χ0v) is 32.7. The van der Waals surface area contributed by atoms with E-state index in [1.54, 1.807) is 0 Å². The molecule has 0 bridgehead atoms. The van der Waals surface area contributed by atoms with Crippen LogP contribution in [0.25, 0.3) is 76.8 Å². The van der Waals surface area contributed by atoms with Gasteiger partial charge in [0.15, 0.2) is 0 Å². The second-order valence-electron chi connectivity index (χ2n) is 16.1.